The van der Waals surface area contributed by atoms with Gasteiger partial charge in [0.1, 0.15) is 5.75 Å². The predicted octanol–water partition coefficient (Wildman–Crippen LogP) is 4.05. The van der Waals surface area contributed by atoms with E-state index < -0.39 is 0 Å². The second kappa shape index (κ2) is 7.14. The number of aromatic nitrogens is 3. The number of halogens is 1. The molecule has 0 fully saturated rings. The van der Waals surface area contributed by atoms with E-state index in [9.17, 15) is 0 Å². The van der Waals surface area contributed by atoms with E-state index in [0.29, 0.717) is 22.5 Å². The molecule has 0 saturated heterocycles. The Bertz CT molecular complexity index is 828. The van der Waals surface area contributed by atoms with Crippen molar-refractivity contribution < 1.29 is 4.74 Å². The minimum Gasteiger partial charge on any atom is -0.495 e. The lowest BCUT2D eigenvalue weighted by molar-refractivity contribution is 0.415. The summed E-state index contributed by atoms with van der Waals surface area (Å²) in [5.41, 5.74) is 1.76. The lowest BCUT2D eigenvalue weighted by Gasteiger charge is -2.18. The Labute approximate surface area is 145 Å². The van der Waals surface area contributed by atoms with Crippen LogP contribution >= 0.6 is 11.6 Å². The van der Waals surface area contributed by atoms with Crippen molar-refractivity contribution in [1.82, 2.24) is 15.2 Å². The maximum absolute atomic E-state index is 6.13. The summed E-state index contributed by atoms with van der Waals surface area (Å²) in [6.45, 7) is 0. The quantitative estimate of drug-likeness (QED) is 0.755. The van der Waals surface area contributed by atoms with Gasteiger partial charge in [0, 0.05) is 18.4 Å². The van der Waals surface area contributed by atoms with Crippen LogP contribution in [0.2, 0.25) is 5.02 Å². The van der Waals surface area contributed by atoms with Gasteiger partial charge in [-0.2, -0.15) is 10.1 Å². The minimum absolute atomic E-state index is 0.386. The lowest BCUT2D eigenvalue weighted by Crippen LogP contribution is -2.13. The highest BCUT2D eigenvalue weighted by Crippen LogP contribution is 2.28. The normalized spacial score (nSPS) is 10.3. The predicted molar refractivity (Wildman–Crippen MR) is 95.6 cm³/mol. The van der Waals surface area contributed by atoms with Gasteiger partial charge >= 0.3 is 0 Å². The van der Waals surface area contributed by atoms with Crippen LogP contribution in [-0.2, 0) is 0 Å². The molecule has 0 aliphatic heterocycles. The van der Waals surface area contributed by atoms with Crippen LogP contribution in [0.15, 0.2) is 54.7 Å². The van der Waals surface area contributed by atoms with Crippen LogP contribution in [0.1, 0.15) is 0 Å². The molecule has 3 aromatic rings. The highest BCUT2D eigenvalue weighted by Gasteiger charge is 2.09. The molecule has 0 saturated carbocycles. The first-order valence-electron chi connectivity index (χ1n) is 7.26. The van der Waals surface area contributed by atoms with Gasteiger partial charge in [-0.05, 0) is 30.3 Å². The van der Waals surface area contributed by atoms with Crippen LogP contribution in [-0.4, -0.2) is 29.3 Å². The summed E-state index contributed by atoms with van der Waals surface area (Å²) in [7, 11) is 3.50. The van der Waals surface area contributed by atoms with Gasteiger partial charge in [0.05, 0.1) is 18.3 Å². The first kappa shape index (κ1) is 16.0. The molecule has 0 spiro atoms. The topological polar surface area (TPSA) is 63.2 Å². The van der Waals surface area contributed by atoms with Crippen LogP contribution in [0, 0.1) is 0 Å². The zero-order chi connectivity index (χ0) is 16.9. The van der Waals surface area contributed by atoms with Gasteiger partial charge in [0.2, 0.25) is 5.95 Å². The van der Waals surface area contributed by atoms with Crippen LogP contribution in [0.4, 0.5) is 23.1 Å². The van der Waals surface area contributed by atoms with Gasteiger partial charge in [-0.1, -0.05) is 29.8 Å². The van der Waals surface area contributed by atoms with Crippen LogP contribution < -0.4 is 15.0 Å². The Kier molecular flexibility index (Phi) is 4.77. The second-order valence-corrected chi connectivity index (χ2v) is 5.41. The zero-order valence-electron chi connectivity index (χ0n) is 13.3. The fraction of sp³-hybridized carbons (Fsp3) is 0.118. The Morgan fingerprint density at radius 3 is 2.62 bits per heavy atom. The number of para-hydroxylation sites is 1. The standard InChI is InChI=1S/C17H16ClN5O/c1-23(13-6-4-3-5-7-13)16-11-19-22-17(21-16)20-12-8-9-15(24-2)14(18)10-12/h3-11H,1-2H3,(H,20,21,22). The molecule has 24 heavy (non-hydrogen) atoms. The average Bonchev–Trinajstić information content (AvgIpc) is 2.62. The van der Waals surface area contributed by atoms with E-state index in [1.807, 2.05) is 48.3 Å². The van der Waals surface area contributed by atoms with Crippen molar-refractivity contribution in [3.63, 3.8) is 0 Å². The number of nitrogens with zero attached hydrogens (tertiary/aromatic N) is 4. The fourth-order valence-electron chi connectivity index (χ4n) is 2.17. The molecule has 1 N–H and O–H groups in total. The van der Waals surface area contributed by atoms with E-state index in [2.05, 4.69) is 20.5 Å². The monoisotopic (exact) mass is 341 g/mol. The Balaban J connectivity index is 1.82. The van der Waals surface area contributed by atoms with Gasteiger partial charge in [-0.3, -0.25) is 0 Å². The molecule has 6 nitrogen and oxygen atoms in total. The first-order chi connectivity index (χ1) is 11.7. The third kappa shape index (κ3) is 3.55. The van der Waals surface area contributed by atoms with E-state index >= 15 is 0 Å². The molecular weight excluding hydrogens is 326 g/mol. The molecule has 0 atom stereocenters. The van der Waals surface area contributed by atoms with E-state index in [0.717, 1.165) is 11.4 Å². The van der Waals surface area contributed by atoms with Crippen molar-refractivity contribution in [2.75, 3.05) is 24.4 Å². The largest absolute Gasteiger partial charge is 0.495 e. The smallest absolute Gasteiger partial charge is 0.249 e. The van der Waals surface area contributed by atoms with Crippen molar-refractivity contribution in [3.8, 4) is 5.75 Å². The molecule has 1 aromatic heterocycles. The second-order valence-electron chi connectivity index (χ2n) is 5.01. The lowest BCUT2D eigenvalue weighted by atomic mass is 10.3. The van der Waals surface area contributed by atoms with Crippen molar-refractivity contribution >= 4 is 34.7 Å². The van der Waals surface area contributed by atoms with Crippen LogP contribution in [0.3, 0.4) is 0 Å². The highest BCUT2D eigenvalue weighted by molar-refractivity contribution is 6.32. The molecule has 3 rings (SSSR count). The molecule has 7 heteroatoms. The molecule has 122 valence electrons. The maximum atomic E-state index is 6.13. The summed E-state index contributed by atoms with van der Waals surface area (Å²) in [4.78, 5) is 6.41. The molecule has 1 heterocycles. The van der Waals surface area contributed by atoms with Crippen molar-refractivity contribution in [3.05, 3.63) is 59.8 Å². The summed E-state index contributed by atoms with van der Waals surface area (Å²) >= 11 is 6.13. The van der Waals surface area contributed by atoms with Crippen molar-refractivity contribution in [2.45, 2.75) is 0 Å². The number of hydrogen-bond donors (Lipinski definition) is 1. The van der Waals surface area contributed by atoms with Gasteiger partial charge in [-0.25, -0.2) is 0 Å². The molecule has 0 radical (unpaired) electrons. The van der Waals surface area contributed by atoms with Gasteiger partial charge < -0.3 is 15.0 Å². The third-order valence-corrected chi connectivity index (χ3v) is 3.74. The number of hydrogen-bond acceptors (Lipinski definition) is 6. The van der Waals surface area contributed by atoms with Crippen LogP contribution in [0.5, 0.6) is 5.75 Å². The Morgan fingerprint density at radius 1 is 1.12 bits per heavy atom. The average molecular weight is 342 g/mol. The van der Waals surface area contributed by atoms with Gasteiger partial charge in [0.25, 0.3) is 0 Å². The summed E-state index contributed by atoms with van der Waals surface area (Å²) in [6, 6.07) is 15.3. The molecule has 0 amide bonds. The van der Waals surface area contributed by atoms with E-state index in [4.69, 9.17) is 16.3 Å². The van der Waals surface area contributed by atoms with E-state index in [1.54, 1.807) is 25.4 Å². The maximum Gasteiger partial charge on any atom is 0.249 e. The number of benzene rings is 2. The van der Waals surface area contributed by atoms with Gasteiger partial charge in [0.15, 0.2) is 5.82 Å². The number of ether oxygens (including phenoxy) is 1. The molecule has 0 aliphatic carbocycles. The Morgan fingerprint density at radius 2 is 1.92 bits per heavy atom. The summed E-state index contributed by atoms with van der Waals surface area (Å²) in [6.07, 6.45) is 1.61. The summed E-state index contributed by atoms with van der Waals surface area (Å²) in [5.74, 6) is 1.67. The zero-order valence-corrected chi connectivity index (χ0v) is 14.0. The van der Waals surface area contributed by atoms with E-state index in [1.165, 1.54) is 0 Å². The van der Waals surface area contributed by atoms with Gasteiger partial charge in [-0.15, -0.1) is 5.10 Å². The van der Waals surface area contributed by atoms with E-state index in [-0.39, 0.29) is 0 Å². The first-order valence-corrected chi connectivity index (χ1v) is 7.64. The minimum atomic E-state index is 0.386. The molecule has 0 aliphatic rings. The van der Waals surface area contributed by atoms with Crippen molar-refractivity contribution in [1.29, 1.82) is 0 Å². The number of methoxy groups -OCH3 is 1. The SMILES string of the molecule is COc1ccc(Nc2nncc(N(C)c3ccccc3)n2)cc1Cl. The third-order valence-electron chi connectivity index (χ3n) is 3.44. The number of anilines is 4. The number of rotatable bonds is 5. The molecule has 0 bridgehead atoms. The Hall–Kier alpha value is -2.86. The highest BCUT2D eigenvalue weighted by atomic mass is 35.5. The molecular formula is C17H16ClN5O. The summed E-state index contributed by atoms with van der Waals surface area (Å²) < 4.78 is 5.14. The van der Waals surface area contributed by atoms with Crippen LogP contribution in [0.25, 0.3) is 0 Å². The molecule has 0 unspecified atom stereocenters. The molecule has 2 aromatic carbocycles. The summed E-state index contributed by atoms with van der Waals surface area (Å²) in [5, 5.41) is 11.6. The number of nitrogens with one attached hydrogen (secondary N) is 1. The van der Waals surface area contributed by atoms with Crippen molar-refractivity contribution in [2.24, 2.45) is 0 Å². The fourth-order valence-corrected chi connectivity index (χ4v) is 2.42.